The number of nitrogens with zero attached hydrogens (tertiary/aromatic N) is 2. The van der Waals surface area contributed by atoms with Crippen LogP contribution in [0.5, 0.6) is 0 Å². The monoisotopic (exact) mass is 194 g/mol. The van der Waals surface area contributed by atoms with Gasteiger partial charge in [0, 0.05) is 24.9 Å². The third-order valence-electron chi connectivity index (χ3n) is 3.01. The number of carbonyl (C=O) groups is 1. The summed E-state index contributed by atoms with van der Waals surface area (Å²) in [6.45, 7) is 2.90. The molecule has 0 spiro atoms. The summed E-state index contributed by atoms with van der Waals surface area (Å²) in [6, 6.07) is 0. The van der Waals surface area contributed by atoms with Crippen molar-refractivity contribution in [2.75, 3.05) is 0 Å². The van der Waals surface area contributed by atoms with Gasteiger partial charge in [0.2, 0.25) is 0 Å². The third-order valence-corrected chi connectivity index (χ3v) is 3.01. The summed E-state index contributed by atoms with van der Waals surface area (Å²) in [4.78, 5) is 15.1. The summed E-state index contributed by atoms with van der Waals surface area (Å²) in [5.74, 6) is 0.156. The average molecular weight is 194 g/mol. The third kappa shape index (κ3) is 1.31. The SMILES string of the molecule is CCn1ccnc1C1CCC1C(=O)O. The summed E-state index contributed by atoms with van der Waals surface area (Å²) >= 11 is 0. The van der Waals surface area contributed by atoms with E-state index in [1.807, 2.05) is 17.7 Å². The van der Waals surface area contributed by atoms with Crippen LogP contribution >= 0.6 is 0 Å². The van der Waals surface area contributed by atoms with E-state index < -0.39 is 5.97 Å². The van der Waals surface area contributed by atoms with E-state index in [1.54, 1.807) is 6.20 Å². The van der Waals surface area contributed by atoms with Crippen LogP contribution in [-0.2, 0) is 11.3 Å². The van der Waals surface area contributed by atoms with Gasteiger partial charge in [-0.1, -0.05) is 0 Å². The summed E-state index contributed by atoms with van der Waals surface area (Å²) in [5.41, 5.74) is 0. The number of aliphatic carboxylic acids is 1. The lowest BCUT2D eigenvalue weighted by Gasteiger charge is -2.32. The Hall–Kier alpha value is -1.32. The van der Waals surface area contributed by atoms with Crippen LogP contribution in [0, 0.1) is 5.92 Å². The number of carboxylic acid groups (broad SMARTS) is 1. The smallest absolute Gasteiger partial charge is 0.307 e. The van der Waals surface area contributed by atoms with Crippen molar-refractivity contribution in [2.45, 2.75) is 32.2 Å². The maximum atomic E-state index is 10.8. The van der Waals surface area contributed by atoms with Crippen LogP contribution in [0.3, 0.4) is 0 Å². The lowest BCUT2D eigenvalue weighted by atomic mass is 9.73. The lowest BCUT2D eigenvalue weighted by Crippen LogP contribution is -2.32. The van der Waals surface area contributed by atoms with Gasteiger partial charge in [-0.25, -0.2) is 4.98 Å². The number of aryl methyl sites for hydroxylation is 1. The fourth-order valence-corrected chi connectivity index (χ4v) is 2.02. The number of rotatable bonds is 3. The van der Waals surface area contributed by atoms with Gasteiger partial charge in [0.1, 0.15) is 5.82 Å². The van der Waals surface area contributed by atoms with Gasteiger partial charge in [-0.05, 0) is 19.8 Å². The molecule has 1 aromatic heterocycles. The van der Waals surface area contributed by atoms with Gasteiger partial charge < -0.3 is 9.67 Å². The standard InChI is InChI=1S/C10H14N2O2/c1-2-12-6-5-11-9(12)7-3-4-8(7)10(13)14/h5-8H,2-4H2,1H3,(H,13,14). The molecule has 0 aliphatic heterocycles. The molecule has 1 aliphatic rings. The number of carboxylic acids is 1. The molecular weight excluding hydrogens is 180 g/mol. The Balaban J connectivity index is 2.19. The average Bonchev–Trinajstić information content (AvgIpc) is 2.49. The molecule has 1 heterocycles. The van der Waals surface area contributed by atoms with E-state index in [2.05, 4.69) is 4.98 Å². The molecule has 0 amide bonds. The second-order valence-electron chi connectivity index (χ2n) is 3.70. The molecule has 4 heteroatoms. The number of aromatic nitrogens is 2. The van der Waals surface area contributed by atoms with Crippen LogP contribution in [0.25, 0.3) is 0 Å². The minimum atomic E-state index is -0.688. The molecule has 0 aromatic carbocycles. The van der Waals surface area contributed by atoms with Crippen LogP contribution < -0.4 is 0 Å². The molecule has 14 heavy (non-hydrogen) atoms. The van der Waals surface area contributed by atoms with Crippen molar-refractivity contribution in [1.29, 1.82) is 0 Å². The van der Waals surface area contributed by atoms with Gasteiger partial charge in [0.05, 0.1) is 5.92 Å². The van der Waals surface area contributed by atoms with Crippen molar-refractivity contribution >= 4 is 5.97 Å². The molecule has 0 radical (unpaired) electrons. The first kappa shape index (κ1) is 9.24. The minimum Gasteiger partial charge on any atom is -0.481 e. The highest BCUT2D eigenvalue weighted by Crippen LogP contribution is 2.41. The fourth-order valence-electron chi connectivity index (χ4n) is 2.02. The molecule has 1 aliphatic carbocycles. The molecule has 4 nitrogen and oxygen atoms in total. The van der Waals surface area contributed by atoms with Crippen molar-refractivity contribution < 1.29 is 9.90 Å². The van der Waals surface area contributed by atoms with Crippen LogP contribution in [0.2, 0.25) is 0 Å². The lowest BCUT2D eigenvalue weighted by molar-refractivity contribution is -0.145. The van der Waals surface area contributed by atoms with Crippen LogP contribution in [0.15, 0.2) is 12.4 Å². The predicted molar refractivity (Wildman–Crippen MR) is 51.0 cm³/mol. The fraction of sp³-hybridized carbons (Fsp3) is 0.600. The van der Waals surface area contributed by atoms with E-state index in [0.717, 1.165) is 25.2 Å². The second kappa shape index (κ2) is 3.44. The maximum Gasteiger partial charge on any atom is 0.307 e. The van der Waals surface area contributed by atoms with Gasteiger partial charge in [0.25, 0.3) is 0 Å². The Morgan fingerprint density at radius 2 is 2.50 bits per heavy atom. The molecule has 2 unspecified atom stereocenters. The van der Waals surface area contributed by atoms with E-state index in [0.29, 0.717) is 0 Å². The Bertz CT molecular complexity index is 346. The van der Waals surface area contributed by atoms with E-state index in [-0.39, 0.29) is 11.8 Å². The van der Waals surface area contributed by atoms with Crippen LogP contribution in [-0.4, -0.2) is 20.6 Å². The molecule has 2 rings (SSSR count). The normalized spacial score (nSPS) is 25.8. The van der Waals surface area contributed by atoms with E-state index in [4.69, 9.17) is 5.11 Å². The first-order valence-electron chi connectivity index (χ1n) is 4.98. The first-order chi connectivity index (χ1) is 6.74. The van der Waals surface area contributed by atoms with Gasteiger partial charge in [-0.15, -0.1) is 0 Å². The topological polar surface area (TPSA) is 55.1 Å². The molecule has 1 aromatic rings. The zero-order valence-corrected chi connectivity index (χ0v) is 8.18. The summed E-state index contributed by atoms with van der Waals surface area (Å²) in [7, 11) is 0. The van der Waals surface area contributed by atoms with Crippen molar-refractivity contribution in [3.63, 3.8) is 0 Å². The number of hydrogen-bond donors (Lipinski definition) is 1. The van der Waals surface area contributed by atoms with E-state index in [1.165, 1.54) is 0 Å². The first-order valence-corrected chi connectivity index (χ1v) is 4.98. The highest BCUT2D eigenvalue weighted by atomic mass is 16.4. The number of hydrogen-bond acceptors (Lipinski definition) is 2. The van der Waals surface area contributed by atoms with Crippen molar-refractivity contribution in [3.8, 4) is 0 Å². The van der Waals surface area contributed by atoms with E-state index in [9.17, 15) is 4.79 Å². The van der Waals surface area contributed by atoms with Gasteiger partial charge in [0.15, 0.2) is 0 Å². The second-order valence-corrected chi connectivity index (χ2v) is 3.70. The van der Waals surface area contributed by atoms with Gasteiger partial charge in [-0.3, -0.25) is 4.79 Å². The van der Waals surface area contributed by atoms with Gasteiger partial charge >= 0.3 is 5.97 Å². The van der Waals surface area contributed by atoms with Gasteiger partial charge in [-0.2, -0.15) is 0 Å². The minimum absolute atomic E-state index is 0.127. The zero-order chi connectivity index (χ0) is 10.1. The van der Waals surface area contributed by atoms with Crippen molar-refractivity contribution in [1.82, 2.24) is 9.55 Å². The van der Waals surface area contributed by atoms with Crippen molar-refractivity contribution in [3.05, 3.63) is 18.2 Å². The highest BCUT2D eigenvalue weighted by Gasteiger charge is 2.39. The maximum absolute atomic E-state index is 10.8. The van der Waals surface area contributed by atoms with E-state index >= 15 is 0 Å². The summed E-state index contributed by atoms with van der Waals surface area (Å²) in [5, 5.41) is 8.93. The molecule has 1 saturated carbocycles. The molecular formula is C10H14N2O2. The summed E-state index contributed by atoms with van der Waals surface area (Å²) < 4.78 is 2.03. The Kier molecular flexibility index (Phi) is 2.27. The molecule has 1 N–H and O–H groups in total. The Morgan fingerprint density at radius 3 is 3.00 bits per heavy atom. The largest absolute Gasteiger partial charge is 0.481 e. The number of imidazole rings is 1. The van der Waals surface area contributed by atoms with Crippen LogP contribution in [0.1, 0.15) is 31.5 Å². The molecule has 76 valence electrons. The van der Waals surface area contributed by atoms with Crippen LogP contribution in [0.4, 0.5) is 0 Å². The Labute approximate surface area is 82.6 Å². The highest BCUT2D eigenvalue weighted by molar-refractivity contribution is 5.72. The molecule has 1 fully saturated rings. The summed E-state index contributed by atoms with van der Waals surface area (Å²) in [6.07, 6.45) is 5.40. The van der Waals surface area contributed by atoms with Crippen molar-refractivity contribution in [2.24, 2.45) is 5.92 Å². The molecule has 2 atom stereocenters. The quantitative estimate of drug-likeness (QED) is 0.793. The zero-order valence-electron chi connectivity index (χ0n) is 8.18. The Morgan fingerprint density at radius 1 is 1.71 bits per heavy atom. The molecule has 0 bridgehead atoms. The predicted octanol–water partition coefficient (Wildman–Crippen LogP) is 1.48. The molecule has 0 saturated heterocycles.